The van der Waals surface area contributed by atoms with E-state index in [1.165, 1.54) is 11.6 Å². The number of benzene rings is 2. The third-order valence-corrected chi connectivity index (χ3v) is 4.13. The van der Waals surface area contributed by atoms with Gasteiger partial charge in [-0.3, -0.25) is 0 Å². The first-order chi connectivity index (χ1) is 10.1. The van der Waals surface area contributed by atoms with Gasteiger partial charge in [-0.2, -0.15) is 0 Å². The molecule has 0 saturated carbocycles. The molecule has 2 aromatic rings. The van der Waals surface area contributed by atoms with Crippen LogP contribution in [-0.4, -0.2) is 15.0 Å². The Morgan fingerprint density at radius 2 is 1.67 bits per heavy atom. The van der Waals surface area contributed by atoms with Crippen molar-refractivity contribution in [2.75, 3.05) is 6.54 Å². The predicted octanol–water partition coefficient (Wildman–Crippen LogP) is 2.06. The summed E-state index contributed by atoms with van der Waals surface area (Å²) in [4.78, 5) is 0.158. The monoisotopic (exact) mass is 304 g/mol. The summed E-state index contributed by atoms with van der Waals surface area (Å²) in [6.07, 6.45) is 2.07. The van der Waals surface area contributed by atoms with Gasteiger partial charge in [0.2, 0.25) is 10.0 Å². The molecule has 0 spiro atoms. The normalized spacial score (nSPS) is 11.5. The molecule has 0 aliphatic carbocycles. The maximum absolute atomic E-state index is 11.3. The highest BCUT2D eigenvalue weighted by molar-refractivity contribution is 7.89. The molecule has 3 N–H and O–H groups in total. The van der Waals surface area contributed by atoms with Crippen LogP contribution in [0.15, 0.2) is 59.5 Å². The van der Waals surface area contributed by atoms with Gasteiger partial charge in [0, 0.05) is 6.54 Å². The SMILES string of the molecule is NS(=O)(=O)c1cccc(CNCCCc2ccccc2)c1. The Morgan fingerprint density at radius 3 is 2.38 bits per heavy atom. The van der Waals surface area contributed by atoms with Gasteiger partial charge in [-0.15, -0.1) is 0 Å². The van der Waals surface area contributed by atoms with Gasteiger partial charge in [-0.05, 0) is 42.6 Å². The summed E-state index contributed by atoms with van der Waals surface area (Å²) in [6.45, 7) is 1.52. The first kappa shape index (κ1) is 15.7. The molecule has 2 aromatic carbocycles. The molecule has 112 valence electrons. The van der Waals surface area contributed by atoms with E-state index < -0.39 is 10.0 Å². The van der Waals surface area contributed by atoms with Crippen LogP contribution in [0.25, 0.3) is 0 Å². The first-order valence-electron chi connectivity index (χ1n) is 6.92. The van der Waals surface area contributed by atoms with E-state index in [1.807, 2.05) is 24.3 Å². The van der Waals surface area contributed by atoms with Gasteiger partial charge < -0.3 is 5.32 Å². The highest BCUT2D eigenvalue weighted by Gasteiger charge is 2.07. The average molecular weight is 304 g/mol. The van der Waals surface area contributed by atoms with Crippen LogP contribution in [0, 0.1) is 0 Å². The molecule has 0 bridgehead atoms. The topological polar surface area (TPSA) is 72.2 Å². The number of sulfonamides is 1. The van der Waals surface area contributed by atoms with Crippen LogP contribution in [0.1, 0.15) is 17.5 Å². The van der Waals surface area contributed by atoms with E-state index in [4.69, 9.17) is 5.14 Å². The van der Waals surface area contributed by atoms with Crippen LogP contribution in [0.3, 0.4) is 0 Å². The molecule has 0 unspecified atom stereocenters. The molecule has 21 heavy (non-hydrogen) atoms. The second kappa shape index (κ2) is 7.36. The third kappa shape index (κ3) is 5.30. The van der Waals surface area contributed by atoms with Gasteiger partial charge in [0.1, 0.15) is 0 Å². The molecular weight excluding hydrogens is 284 g/mol. The quantitative estimate of drug-likeness (QED) is 0.769. The molecule has 2 rings (SSSR count). The molecular formula is C16H20N2O2S. The highest BCUT2D eigenvalue weighted by atomic mass is 32.2. The molecule has 0 aliphatic heterocycles. The Morgan fingerprint density at radius 1 is 0.952 bits per heavy atom. The lowest BCUT2D eigenvalue weighted by molar-refractivity contribution is 0.597. The van der Waals surface area contributed by atoms with Gasteiger partial charge in [-0.1, -0.05) is 42.5 Å². The van der Waals surface area contributed by atoms with Gasteiger partial charge in [-0.25, -0.2) is 13.6 Å². The lowest BCUT2D eigenvalue weighted by atomic mass is 10.1. The van der Waals surface area contributed by atoms with Crippen molar-refractivity contribution >= 4 is 10.0 Å². The fraction of sp³-hybridized carbons (Fsp3) is 0.250. The number of hydrogen-bond donors (Lipinski definition) is 2. The zero-order valence-electron chi connectivity index (χ0n) is 11.8. The lowest BCUT2D eigenvalue weighted by Crippen LogP contribution is -2.16. The summed E-state index contributed by atoms with van der Waals surface area (Å²) >= 11 is 0. The Labute approximate surface area is 126 Å². The first-order valence-corrected chi connectivity index (χ1v) is 8.47. The van der Waals surface area contributed by atoms with E-state index in [1.54, 1.807) is 12.1 Å². The number of hydrogen-bond acceptors (Lipinski definition) is 3. The molecule has 0 amide bonds. The summed E-state index contributed by atoms with van der Waals surface area (Å²) in [5.41, 5.74) is 2.25. The Hall–Kier alpha value is -1.69. The Balaban J connectivity index is 1.76. The van der Waals surface area contributed by atoms with Crippen molar-refractivity contribution in [2.24, 2.45) is 5.14 Å². The van der Waals surface area contributed by atoms with Gasteiger partial charge in [0.05, 0.1) is 4.90 Å². The maximum atomic E-state index is 11.3. The fourth-order valence-corrected chi connectivity index (χ4v) is 2.71. The third-order valence-electron chi connectivity index (χ3n) is 3.22. The molecule has 0 radical (unpaired) electrons. The van der Waals surface area contributed by atoms with E-state index in [0.717, 1.165) is 24.9 Å². The fourth-order valence-electron chi connectivity index (χ4n) is 2.13. The number of nitrogens with one attached hydrogen (secondary N) is 1. The Kier molecular flexibility index (Phi) is 5.50. The predicted molar refractivity (Wildman–Crippen MR) is 84.3 cm³/mol. The summed E-state index contributed by atoms with van der Waals surface area (Å²) in [5, 5.41) is 8.43. The van der Waals surface area contributed by atoms with E-state index in [0.29, 0.717) is 6.54 Å². The average Bonchev–Trinajstić information content (AvgIpc) is 2.47. The van der Waals surface area contributed by atoms with Crippen LogP contribution >= 0.6 is 0 Å². The summed E-state index contributed by atoms with van der Waals surface area (Å²) in [5.74, 6) is 0. The largest absolute Gasteiger partial charge is 0.313 e. The van der Waals surface area contributed by atoms with Crippen molar-refractivity contribution in [3.05, 3.63) is 65.7 Å². The summed E-state index contributed by atoms with van der Waals surface area (Å²) in [6, 6.07) is 17.1. The van der Waals surface area contributed by atoms with Crippen molar-refractivity contribution in [3.63, 3.8) is 0 Å². The van der Waals surface area contributed by atoms with E-state index in [9.17, 15) is 8.42 Å². The van der Waals surface area contributed by atoms with Crippen molar-refractivity contribution in [1.82, 2.24) is 5.32 Å². The Bertz CT molecular complexity index is 670. The molecule has 5 heteroatoms. The summed E-state index contributed by atoms with van der Waals surface area (Å²) < 4.78 is 22.6. The zero-order valence-corrected chi connectivity index (χ0v) is 12.6. The minimum atomic E-state index is -3.62. The van der Waals surface area contributed by atoms with Crippen LogP contribution in [0.2, 0.25) is 0 Å². The number of aryl methyl sites for hydroxylation is 1. The van der Waals surface area contributed by atoms with Crippen LogP contribution in [-0.2, 0) is 23.0 Å². The molecule has 0 heterocycles. The second-order valence-electron chi connectivity index (χ2n) is 4.96. The summed E-state index contributed by atoms with van der Waals surface area (Å²) in [7, 11) is -3.62. The smallest absolute Gasteiger partial charge is 0.238 e. The molecule has 0 atom stereocenters. The molecule has 0 aromatic heterocycles. The van der Waals surface area contributed by atoms with E-state index in [2.05, 4.69) is 17.4 Å². The number of primary sulfonamides is 1. The highest BCUT2D eigenvalue weighted by Crippen LogP contribution is 2.09. The van der Waals surface area contributed by atoms with Gasteiger partial charge in [0.25, 0.3) is 0 Å². The molecule has 0 aliphatic rings. The number of nitrogens with two attached hydrogens (primary N) is 1. The molecule has 0 fully saturated rings. The van der Waals surface area contributed by atoms with Crippen LogP contribution < -0.4 is 10.5 Å². The van der Waals surface area contributed by atoms with Crippen molar-refractivity contribution in [2.45, 2.75) is 24.3 Å². The van der Waals surface area contributed by atoms with E-state index >= 15 is 0 Å². The lowest BCUT2D eigenvalue weighted by Gasteiger charge is -2.06. The van der Waals surface area contributed by atoms with Crippen LogP contribution in [0.5, 0.6) is 0 Å². The zero-order chi connectivity index (χ0) is 15.1. The van der Waals surface area contributed by atoms with Crippen molar-refractivity contribution in [1.29, 1.82) is 0 Å². The molecule has 4 nitrogen and oxygen atoms in total. The van der Waals surface area contributed by atoms with Gasteiger partial charge >= 0.3 is 0 Å². The second-order valence-corrected chi connectivity index (χ2v) is 6.52. The van der Waals surface area contributed by atoms with E-state index in [-0.39, 0.29) is 4.90 Å². The standard InChI is InChI=1S/C16H20N2O2S/c17-21(19,20)16-10-4-8-15(12-16)13-18-11-5-9-14-6-2-1-3-7-14/h1-4,6-8,10,12,18H,5,9,11,13H2,(H2,17,19,20). The number of rotatable bonds is 7. The van der Waals surface area contributed by atoms with Crippen molar-refractivity contribution in [3.8, 4) is 0 Å². The maximum Gasteiger partial charge on any atom is 0.238 e. The van der Waals surface area contributed by atoms with Crippen LogP contribution in [0.4, 0.5) is 0 Å². The molecule has 0 saturated heterocycles. The van der Waals surface area contributed by atoms with Gasteiger partial charge in [0.15, 0.2) is 0 Å². The van der Waals surface area contributed by atoms with Crippen molar-refractivity contribution < 1.29 is 8.42 Å². The minimum absolute atomic E-state index is 0.158. The minimum Gasteiger partial charge on any atom is -0.313 e.